The highest BCUT2D eigenvalue weighted by atomic mass is 16.5. The molecule has 1 spiro atoms. The van der Waals surface area contributed by atoms with Gasteiger partial charge >= 0.3 is 0 Å². The van der Waals surface area contributed by atoms with Crippen molar-refractivity contribution in [3.63, 3.8) is 0 Å². The number of fused-ring (bicyclic) bond motifs is 2. The van der Waals surface area contributed by atoms with Crippen LogP contribution in [0, 0.1) is 0 Å². The number of anilines is 1. The van der Waals surface area contributed by atoms with E-state index in [0.29, 0.717) is 30.4 Å². The van der Waals surface area contributed by atoms with Gasteiger partial charge in [-0.05, 0) is 50.3 Å². The molecule has 1 aromatic heterocycles. The Kier molecular flexibility index (Phi) is 4.26. The van der Waals surface area contributed by atoms with E-state index >= 15 is 0 Å². The van der Waals surface area contributed by atoms with Gasteiger partial charge in [0.1, 0.15) is 5.75 Å². The molecule has 2 aromatic rings. The first-order valence-electron chi connectivity index (χ1n) is 9.26. The number of nitrogen functional groups attached to an aromatic ring is 1. The van der Waals surface area contributed by atoms with Crippen molar-refractivity contribution in [1.29, 1.82) is 0 Å². The minimum atomic E-state index is -0.0964. The number of aryl methyl sites for hydroxylation is 1. The Morgan fingerprint density at radius 3 is 3.04 bits per heavy atom. The van der Waals surface area contributed by atoms with Crippen molar-refractivity contribution in [2.75, 3.05) is 25.4 Å². The fourth-order valence-corrected chi connectivity index (χ4v) is 4.35. The number of carbonyl (C=O) groups excluding carboxylic acids is 1. The molecular weight excluding hydrogens is 328 g/mol. The second-order valence-corrected chi connectivity index (χ2v) is 7.14. The second-order valence-electron chi connectivity index (χ2n) is 7.14. The third-order valence-electron chi connectivity index (χ3n) is 5.54. The number of aromatic nitrogens is 2. The first-order valence-corrected chi connectivity index (χ1v) is 9.26. The van der Waals surface area contributed by atoms with Crippen molar-refractivity contribution in [1.82, 2.24) is 14.9 Å². The van der Waals surface area contributed by atoms with Gasteiger partial charge in [-0.25, -0.2) is 9.97 Å². The lowest BCUT2D eigenvalue weighted by Gasteiger charge is -2.40. The van der Waals surface area contributed by atoms with Gasteiger partial charge in [0, 0.05) is 24.7 Å². The average Bonchev–Trinajstić information content (AvgIpc) is 2.99. The van der Waals surface area contributed by atoms with Gasteiger partial charge in [0.15, 0.2) is 0 Å². The summed E-state index contributed by atoms with van der Waals surface area (Å²) in [5.41, 5.74) is 8.59. The van der Waals surface area contributed by atoms with Crippen molar-refractivity contribution in [3.8, 4) is 5.75 Å². The molecule has 1 atom stereocenters. The number of benzene rings is 1. The van der Waals surface area contributed by atoms with E-state index in [9.17, 15) is 4.79 Å². The largest absolute Gasteiger partial charge is 0.493 e. The Hall–Kier alpha value is -2.63. The van der Waals surface area contributed by atoms with Gasteiger partial charge in [-0.3, -0.25) is 4.79 Å². The molecule has 0 radical (unpaired) electrons. The van der Waals surface area contributed by atoms with E-state index in [4.69, 9.17) is 10.5 Å². The average molecular weight is 352 g/mol. The normalized spacial score (nSPS) is 21.7. The van der Waals surface area contributed by atoms with E-state index in [1.54, 1.807) is 0 Å². The zero-order valence-electron chi connectivity index (χ0n) is 15.1. The molecule has 1 saturated heterocycles. The van der Waals surface area contributed by atoms with E-state index < -0.39 is 0 Å². The van der Waals surface area contributed by atoms with Gasteiger partial charge in [-0.2, -0.15) is 0 Å². The number of carbonyl (C=O) groups is 1. The van der Waals surface area contributed by atoms with E-state index in [2.05, 4.69) is 9.97 Å². The van der Waals surface area contributed by atoms with Gasteiger partial charge in [0.25, 0.3) is 5.91 Å². The summed E-state index contributed by atoms with van der Waals surface area (Å²) in [5, 5.41) is 0. The number of ether oxygens (including phenoxy) is 1. The number of likely N-dealkylation sites (tertiary alicyclic amines) is 1. The zero-order chi connectivity index (χ0) is 18.1. The molecule has 1 amide bonds. The molecule has 4 rings (SSSR count). The van der Waals surface area contributed by atoms with Crippen molar-refractivity contribution in [3.05, 3.63) is 47.3 Å². The lowest BCUT2D eigenvalue weighted by molar-refractivity contribution is 0.0629. The molecule has 1 unspecified atom stereocenters. The maximum Gasteiger partial charge on any atom is 0.257 e. The smallest absolute Gasteiger partial charge is 0.257 e. The van der Waals surface area contributed by atoms with Crippen LogP contribution in [0.25, 0.3) is 0 Å². The lowest BCUT2D eigenvalue weighted by Crippen LogP contribution is -2.48. The van der Waals surface area contributed by atoms with Crippen LogP contribution in [-0.4, -0.2) is 40.5 Å². The van der Waals surface area contributed by atoms with Crippen LogP contribution in [0.15, 0.2) is 30.5 Å². The molecule has 1 aromatic carbocycles. The highest BCUT2D eigenvalue weighted by Gasteiger charge is 2.45. The zero-order valence-corrected chi connectivity index (χ0v) is 15.1. The summed E-state index contributed by atoms with van der Waals surface area (Å²) in [7, 11) is 0. The van der Waals surface area contributed by atoms with Crippen LogP contribution >= 0.6 is 0 Å². The summed E-state index contributed by atoms with van der Waals surface area (Å²) < 4.78 is 5.65. The SMILES string of the molecule is CCOc1ccccc1C(=O)N1CCCC2(CCc3cnc(N)nc32)C1. The molecule has 136 valence electrons. The summed E-state index contributed by atoms with van der Waals surface area (Å²) in [6.45, 7) is 3.90. The number of piperidine rings is 1. The standard InChI is InChI=1S/C20H24N4O2/c1-2-26-16-7-4-3-6-15(16)18(25)24-11-5-9-20(13-24)10-8-14-12-22-19(21)23-17(14)20/h3-4,6-7,12H,2,5,8-11,13H2,1H3,(H2,21,22,23). The summed E-state index contributed by atoms with van der Waals surface area (Å²) in [6.07, 6.45) is 5.79. The minimum absolute atomic E-state index is 0.0311. The molecular formula is C20H24N4O2. The molecule has 2 N–H and O–H groups in total. The fraction of sp³-hybridized carbons (Fsp3) is 0.450. The number of hydrogen-bond acceptors (Lipinski definition) is 5. The van der Waals surface area contributed by atoms with Crippen LogP contribution in [0.4, 0.5) is 5.95 Å². The fourth-order valence-electron chi connectivity index (χ4n) is 4.35. The third kappa shape index (κ3) is 2.79. The topological polar surface area (TPSA) is 81.3 Å². The second kappa shape index (κ2) is 6.59. The van der Waals surface area contributed by atoms with Gasteiger partial charge < -0.3 is 15.4 Å². The summed E-state index contributed by atoms with van der Waals surface area (Å²) in [5.74, 6) is 0.997. The van der Waals surface area contributed by atoms with Crippen molar-refractivity contribution < 1.29 is 9.53 Å². The van der Waals surface area contributed by atoms with Crippen LogP contribution in [0.5, 0.6) is 5.75 Å². The Bertz CT molecular complexity index is 834. The van der Waals surface area contributed by atoms with E-state index in [1.807, 2.05) is 42.3 Å². The van der Waals surface area contributed by atoms with Crippen LogP contribution in [0.3, 0.4) is 0 Å². The van der Waals surface area contributed by atoms with Crippen LogP contribution in [-0.2, 0) is 11.8 Å². The van der Waals surface area contributed by atoms with Crippen LogP contribution in [0.2, 0.25) is 0 Å². The molecule has 6 nitrogen and oxygen atoms in total. The molecule has 2 heterocycles. The summed E-state index contributed by atoms with van der Waals surface area (Å²) in [6, 6.07) is 7.48. The van der Waals surface area contributed by atoms with Gasteiger partial charge in [0.2, 0.25) is 5.95 Å². The minimum Gasteiger partial charge on any atom is -0.493 e. The maximum atomic E-state index is 13.2. The van der Waals surface area contributed by atoms with Crippen molar-refractivity contribution >= 4 is 11.9 Å². The van der Waals surface area contributed by atoms with E-state index in [1.165, 1.54) is 5.56 Å². The van der Waals surface area contributed by atoms with E-state index in [-0.39, 0.29) is 11.3 Å². The number of nitrogens with zero attached hydrogens (tertiary/aromatic N) is 3. The van der Waals surface area contributed by atoms with Gasteiger partial charge in [-0.15, -0.1) is 0 Å². The first-order chi connectivity index (χ1) is 12.6. The Morgan fingerprint density at radius 2 is 2.19 bits per heavy atom. The van der Waals surface area contributed by atoms with Gasteiger partial charge in [-0.1, -0.05) is 12.1 Å². The molecule has 0 saturated carbocycles. The highest BCUT2D eigenvalue weighted by molar-refractivity contribution is 5.97. The first kappa shape index (κ1) is 16.8. The number of hydrogen-bond donors (Lipinski definition) is 1. The molecule has 0 bridgehead atoms. The Labute approximate surface area is 153 Å². The van der Waals surface area contributed by atoms with Crippen molar-refractivity contribution in [2.45, 2.75) is 38.0 Å². The Balaban J connectivity index is 1.63. The predicted octanol–water partition coefficient (Wildman–Crippen LogP) is 2.58. The van der Waals surface area contributed by atoms with Crippen LogP contribution < -0.4 is 10.5 Å². The monoisotopic (exact) mass is 352 g/mol. The quantitative estimate of drug-likeness (QED) is 0.918. The van der Waals surface area contributed by atoms with E-state index in [0.717, 1.165) is 37.9 Å². The van der Waals surface area contributed by atoms with Crippen molar-refractivity contribution in [2.24, 2.45) is 0 Å². The molecule has 1 aliphatic carbocycles. The maximum absolute atomic E-state index is 13.2. The molecule has 2 aliphatic rings. The molecule has 1 aliphatic heterocycles. The lowest BCUT2D eigenvalue weighted by atomic mass is 9.77. The van der Waals surface area contributed by atoms with Gasteiger partial charge in [0.05, 0.1) is 17.9 Å². The molecule has 6 heteroatoms. The number of para-hydroxylation sites is 1. The molecule has 1 fully saturated rings. The number of amides is 1. The Morgan fingerprint density at radius 1 is 1.35 bits per heavy atom. The highest BCUT2D eigenvalue weighted by Crippen LogP contribution is 2.44. The number of rotatable bonds is 3. The van der Waals surface area contributed by atoms with Crippen LogP contribution in [0.1, 0.15) is 47.8 Å². The summed E-state index contributed by atoms with van der Waals surface area (Å²) in [4.78, 5) is 23.8. The predicted molar refractivity (Wildman–Crippen MR) is 99.2 cm³/mol. The third-order valence-corrected chi connectivity index (χ3v) is 5.54. The molecule has 26 heavy (non-hydrogen) atoms. The summed E-state index contributed by atoms with van der Waals surface area (Å²) >= 11 is 0. The number of nitrogens with two attached hydrogens (primary N) is 1.